The number of aromatic nitrogens is 1. The first kappa shape index (κ1) is 10.7. The van der Waals surface area contributed by atoms with Gasteiger partial charge in [0.05, 0.1) is 17.0 Å². The van der Waals surface area contributed by atoms with Crippen LogP contribution >= 0.6 is 0 Å². The molecule has 3 nitrogen and oxygen atoms in total. The molecule has 18 heavy (non-hydrogen) atoms. The molecule has 1 aliphatic rings. The number of benzene rings is 1. The number of pyridine rings is 1. The number of hydrogen-bond donors (Lipinski definition) is 0. The number of carbonyl (C=O) groups is 1. The number of carbonyl (C=O) groups excluding carboxylic acids is 1. The topological polar surface area (TPSA) is 33.2 Å². The Labute approximate surface area is 105 Å². The van der Waals surface area contributed by atoms with Crippen LogP contribution in [-0.4, -0.2) is 17.9 Å². The first-order valence-corrected chi connectivity index (χ1v) is 5.77. The fourth-order valence-corrected chi connectivity index (χ4v) is 2.15. The van der Waals surface area contributed by atoms with Crippen molar-refractivity contribution in [3.8, 4) is 0 Å². The van der Waals surface area contributed by atoms with Gasteiger partial charge in [0.15, 0.2) is 0 Å². The van der Waals surface area contributed by atoms with E-state index in [1.807, 2.05) is 48.5 Å². The Morgan fingerprint density at radius 2 is 1.89 bits per heavy atom. The zero-order valence-electron chi connectivity index (χ0n) is 10.00. The number of nitrogens with zero attached hydrogens (tertiary/aromatic N) is 2. The maximum Gasteiger partial charge on any atom is 0.258 e. The summed E-state index contributed by atoms with van der Waals surface area (Å²) in [6.07, 6.45) is 3.56. The van der Waals surface area contributed by atoms with Gasteiger partial charge >= 0.3 is 0 Å². The molecule has 2 heterocycles. The van der Waals surface area contributed by atoms with E-state index in [1.165, 1.54) is 0 Å². The van der Waals surface area contributed by atoms with E-state index in [0.29, 0.717) is 5.57 Å². The van der Waals surface area contributed by atoms with E-state index >= 15 is 0 Å². The van der Waals surface area contributed by atoms with Crippen molar-refractivity contribution < 1.29 is 4.79 Å². The molecule has 0 radical (unpaired) electrons. The minimum Gasteiger partial charge on any atom is -0.311 e. The molecule has 0 fully saturated rings. The van der Waals surface area contributed by atoms with Crippen LogP contribution in [0.1, 0.15) is 11.3 Å². The largest absolute Gasteiger partial charge is 0.311 e. The van der Waals surface area contributed by atoms with Crippen LogP contribution in [0.5, 0.6) is 0 Å². The van der Waals surface area contributed by atoms with Crippen molar-refractivity contribution in [3.63, 3.8) is 0 Å². The molecule has 0 N–H and O–H groups in total. The van der Waals surface area contributed by atoms with Gasteiger partial charge in [-0.2, -0.15) is 0 Å². The lowest BCUT2D eigenvalue weighted by Crippen LogP contribution is -2.20. The van der Waals surface area contributed by atoms with Crippen molar-refractivity contribution in [1.82, 2.24) is 4.98 Å². The molecule has 3 heteroatoms. The van der Waals surface area contributed by atoms with Crippen LogP contribution in [0.4, 0.5) is 5.69 Å². The number of likely N-dealkylation sites (N-methyl/N-ethyl adjacent to an activating group) is 1. The molecule has 0 spiro atoms. The van der Waals surface area contributed by atoms with Gasteiger partial charge in [-0.25, -0.2) is 0 Å². The number of anilines is 1. The minimum atomic E-state index is 0.0156. The lowest BCUT2D eigenvalue weighted by atomic mass is 10.1. The van der Waals surface area contributed by atoms with E-state index < -0.39 is 0 Å². The third-order valence-electron chi connectivity index (χ3n) is 3.07. The average molecular weight is 236 g/mol. The molecule has 2 aromatic rings. The summed E-state index contributed by atoms with van der Waals surface area (Å²) >= 11 is 0. The van der Waals surface area contributed by atoms with E-state index in [9.17, 15) is 4.79 Å². The van der Waals surface area contributed by atoms with Crippen molar-refractivity contribution in [2.24, 2.45) is 0 Å². The quantitative estimate of drug-likeness (QED) is 0.713. The van der Waals surface area contributed by atoms with Crippen molar-refractivity contribution in [3.05, 3.63) is 59.9 Å². The highest BCUT2D eigenvalue weighted by atomic mass is 16.2. The summed E-state index contributed by atoms with van der Waals surface area (Å²) in [5.74, 6) is 0.0156. The van der Waals surface area contributed by atoms with Crippen LogP contribution in [0.25, 0.3) is 11.6 Å². The highest BCUT2D eigenvalue weighted by Gasteiger charge is 2.28. The number of para-hydroxylation sites is 1. The van der Waals surface area contributed by atoms with E-state index in [0.717, 1.165) is 16.9 Å². The van der Waals surface area contributed by atoms with Gasteiger partial charge in [-0.15, -0.1) is 0 Å². The maximum absolute atomic E-state index is 12.2. The smallest absolute Gasteiger partial charge is 0.258 e. The van der Waals surface area contributed by atoms with Gasteiger partial charge in [0.1, 0.15) is 0 Å². The van der Waals surface area contributed by atoms with Gasteiger partial charge in [-0.05, 0) is 24.3 Å². The van der Waals surface area contributed by atoms with Crippen LogP contribution < -0.4 is 4.90 Å². The molecule has 0 aliphatic carbocycles. The van der Waals surface area contributed by atoms with Crippen molar-refractivity contribution in [2.75, 3.05) is 11.9 Å². The Morgan fingerprint density at radius 1 is 1.11 bits per heavy atom. The lowest BCUT2D eigenvalue weighted by molar-refractivity contribution is -0.112. The lowest BCUT2D eigenvalue weighted by Gasteiger charge is -2.07. The Morgan fingerprint density at radius 3 is 2.67 bits per heavy atom. The van der Waals surface area contributed by atoms with Crippen LogP contribution in [0.3, 0.4) is 0 Å². The summed E-state index contributed by atoms with van der Waals surface area (Å²) in [6, 6.07) is 13.5. The standard InChI is InChI=1S/C15H12N2O/c1-17-14-8-3-2-7-12(14)13(15(17)18)10-11-6-4-5-9-16-11/h2-10H,1H3/b13-10+. The second-order valence-corrected chi connectivity index (χ2v) is 4.19. The highest BCUT2D eigenvalue weighted by molar-refractivity contribution is 6.35. The van der Waals surface area contributed by atoms with Crippen LogP contribution in [0, 0.1) is 0 Å². The third-order valence-corrected chi connectivity index (χ3v) is 3.07. The molecule has 88 valence electrons. The summed E-state index contributed by atoms with van der Waals surface area (Å²) in [6.45, 7) is 0. The molecule has 0 atom stereocenters. The van der Waals surface area contributed by atoms with E-state index in [-0.39, 0.29) is 5.91 Å². The van der Waals surface area contributed by atoms with Crippen LogP contribution in [0.2, 0.25) is 0 Å². The second kappa shape index (κ2) is 4.11. The van der Waals surface area contributed by atoms with Gasteiger partial charge in [-0.1, -0.05) is 24.3 Å². The van der Waals surface area contributed by atoms with E-state index in [1.54, 1.807) is 18.1 Å². The zero-order valence-corrected chi connectivity index (χ0v) is 10.00. The fraction of sp³-hybridized carbons (Fsp3) is 0.0667. The molecule has 0 saturated heterocycles. The van der Waals surface area contributed by atoms with Crippen molar-refractivity contribution in [2.45, 2.75) is 0 Å². The SMILES string of the molecule is CN1C(=O)/C(=C/c2ccccn2)c2ccccc21. The summed E-state index contributed by atoms with van der Waals surface area (Å²) in [5, 5.41) is 0. The van der Waals surface area contributed by atoms with Gasteiger partial charge in [-0.3, -0.25) is 9.78 Å². The third kappa shape index (κ3) is 1.61. The summed E-state index contributed by atoms with van der Waals surface area (Å²) in [5.41, 5.74) is 3.41. The molecule has 0 bridgehead atoms. The number of fused-ring (bicyclic) bond motifs is 1. The summed E-state index contributed by atoms with van der Waals surface area (Å²) in [4.78, 5) is 18.1. The molecule has 1 aliphatic heterocycles. The molecule has 1 aromatic carbocycles. The summed E-state index contributed by atoms with van der Waals surface area (Å²) in [7, 11) is 1.79. The van der Waals surface area contributed by atoms with E-state index in [4.69, 9.17) is 0 Å². The Balaban J connectivity index is 2.14. The van der Waals surface area contributed by atoms with Gasteiger partial charge in [0, 0.05) is 18.8 Å². The molecule has 0 unspecified atom stereocenters. The van der Waals surface area contributed by atoms with Gasteiger partial charge in [0.25, 0.3) is 5.91 Å². The predicted molar refractivity (Wildman–Crippen MR) is 72.0 cm³/mol. The normalized spacial score (nSPS) is 16.2. The minimum absolute atomic E-state index is 0.0156. The Bertz CT molecular complexity index is 632. The average Bonchev–Trinajstić information content (AvgIpc) is 2.66. The fourth-order valence-electron chi connectivity index (χ4n) is 2.15. The molecule has 3 rings (SSSR count). The number of hydrogen-bond acceptors (Lipinski definition) is 2. The first-order chi connectivity index (χ1) is 8.77. The van der Waals surface area contributed by atoms with Gasteiger partial charge < -0.3 is 4.90 Å². The summed E-state index contributed by atoms with van der Waals surface area (Å²) < 4.78 is 0. The molecule has 1 aromatic heterocycles. The highest BCUT2D eigenvalue weighted by Crippen LogP contribution is 2.36. The van der Waals surface area contributed by atoms with Crippen molar-refractivity contribution >= 4 is 23.2 Å². The first-order valence-electron chi connectivity index (χ1n) is 5.77. The van der Waals surface area contributed by atoms with Crippen molar-refractivity contribution in [1.29, 1.82) is 0 Å². The monoisotopic (exact) mass is 236 g/mol. The van der Waals surface area contributed by atoms with Crippen LogP contribution in [-0.2, 0) is 4.79 Å². The molecule has 1 amide bonds. The number of amides is 1. The zero-order chi connectivity index (χ0) is 12.5. The van der Waals surface area contributed by atoms with Gasteiger partial charge in [0.2, 0.25) is 0 Å². The maximum atomic E-state index is 12.2. The Hall–Kier alpha value is -2.42. The predicted octanol–water partition coefficient (Wildman–Crippen LogP) is 2.60. The molecular formula is C15H12N2O. The second-order valence-electron chi connectivity index (χ2n) is 4.19. The number of rotatable bonds is 1. The molecule has 0 saturated carbocycles. The Kier molecular flexibility index (Phi) is 2.45. The molecular weight excluding hydrogens is 224 g/mol. The van der Waals surface area contributed by atoms with Crippen LogP contribution in [0.15, 0.2) is 48.7 Å². The van der Waals surface area contributed by atoms with E-state index in [2.05, 4.69) is 4.98 Å².